The molecule has 1 aromatic carbocycles. The minimum atomic E-state index is 0.145. The van der Waals surface area contributed by atoms with Crippen LogP contribution >= 0.6 is 0 Å². The summed E-state index contributed by atoms with van der Waals surface area (Å²) in [5, 5.41) is 2.91. The van der Waals surface area contributed by atoms with Gasteiger partial charge in [0.15, 0.2) is 0 Å². The van der Waals surface area contributed by atoms with Gasteiger partial charge >= 0.3 is 0 Å². The Morgan fingerprint density at radius 3 is 2.29 bits per heavy atom. The summed E-state index contributed by atoms with van der Waals surface area (Å²) >= 11 is 0. The summed E-state index contributed by atoms with van der Waals surface area (Å²) in [7, 11) is 3.22. The minimum Gasteiger partial charge on any atom is -0.497 e. The molecule has 4 nitrogen and oxygen atoms in total. The summed E-state index contributed by atoms with van der Waals surface area (Å²) in [6.45, 7) is 0.517. The lowest BCUT2D eigenvalue weighted by Gasteiger charge is -2.09. The first-order chi connectivity index (χ1) is 8.22. The lowest BCUT2D eigenvalue weighted by molar-refractivity contribution is -0.122. The molecule has 1 fully saturated rings. The zero-order valence-electron chi connectivity index (χ0n) is 10.2. The Morgan fingerprint density at radius 2 is 1.82 bits per heavy atom. The lowest BCUT2D eigenvalue weighted by Crippen LogP contribution is -2.24. The predicted molar refractivity (Wildman–Crippen MR) is 64.1 cm³/mol. The molecule has 17 heavy (non-hydrogen) atoms. The van der Waals surface area contributed by atoms with E-state index in [0.717, 1.165) is 29.9 Å². The quantitative estimate of drug-likeness (QED) is 0.845. The van der Waals surface area contributed by atoms with E-state index >= 15 is 0 Å². The smallest absolute Gasteiger partial charge is 0.223 e. The van der Waals surface area contributed by atoms with Crippen LogP contribution in [0.3, 0.4) is 0 Å². The number of amides is 1. The number of benzene rings is 1. The van der Waals surface area contributed by atoms with Crippen LogP contribution in [0.5, 0.6) is 11.5 Å². The average Bonchev–Trinajstić information content (AvgIpc) is 3.19. The largest absolute Gasteiger partial charge is 0.497 e. The van der Waals surface area contributed by atoms with E-state index in [0.29, 0.717) is 6.54 Å². The first-order valence-electron chi connectivity index (χ1n) is 5.72. The molecule has 0 spiro atoms. The fourth-order valence-corrected chi connectivity index (χ4v) is 1.65. The van der Waals surface area contributed by atoms with Crippen molar-refractivity contribution >= 4 is 5.91 Å². The second kappa shape index (κ2) is 5.08. The number of nitrogens with one attached hydrogen (secondary N) is 1. The highest BCUT2D eigenvalue weighted by atomic mass is 16.5. The van der Waals surface area contributed by atoms with Crippen molar-refractivity contribution in [1.82, 2.24) is 5.32 Å². The Morgan fingerprint density at radius 1 is 1.24 bits per heavy atom. The third-order valence-corrected chi connectivity index (χ3v) is 2.83. The number of rotatable bonds is 5. The zero-order chi connectivity index (χ0) is 12.3. The van der Waals surface area contributed by atoms with Crippen LogP contribution in [0, 0.1) is 5.92 Å². The van der Waals surface area contributed by atoms with E-state index in [1.807, 2.05) is 18.2 Å². The fraction of sp³-hybridized carbons (Fsp3) is 0.462. The molecule has 1 aliphatic rings. The van der Waals surface area contributed by atoms with E-state index in [2.05, 4.69) is 5.32 Å². The van der Waals surface area contributed by atoms with Crippen molar-refractivity contribution in [2.45, 2.75) is 19.4 Å². The van der Waals surface area contributed by atoms with Crippen LogP contribution in [0.25, 0.3) is 0 Å². The molecule has 1 aliphatic carbocycles. The zero-order valence-corrected chi connectivity index (χ0v) is 10.2. The Kier molecular flexibility index (Phi) is 3.52. The van der Waals surface area contributed by atoms with E-state index in [1.54, 1.807) is 14.2 Å². The maximum Gasteiger partial charge on any atom is 0.223 e. The monoisotopic (exact) mass is 235 g/mol. The van der Waals surface area contributed by atoms with E-state index in [-0.39, 0.29) is 11.8 Å². The van der Waals surface area contributed by atoms with E-state index in [4.69, 9.17) is 9.47 Å². The van der Waals surface area contributed by atoms with Gasteiger partial charge in [0, 0.05) is 18.5 Å². The Balaban J connectivity index is 2.00. The van der Waals surface area contributed by atoms with Crippen molar-refractivity contribution in [2.24, 2.45) is 5.92 Å². The molecule has 1 saturated carbocycles. The molecule has 0 heterocycles. The van der Waals surface area contributed by atoms with Gasteiger partial charge < -0.3 is 14.8 Å². The average molecular weight is 235 g/mol. The van der Waals surface area contributed by atoms with Crippen LogP contribution in [0.4, 0.5) is 0 Å². The Bertz CT molecular complexity index is 391. The molecule has 0 saturated heterocycles. The molecule has 92 valence electrons. The van der Waals surface area contributed by atoms with Gasteiger partial charge in [-0.25, -0.2) is 0 Å². The van der Waals surface area contributed by atoms with Gasteiger partial charge in [0.05, 0.1) is 14.2 Å². The van der Waals surface area contributed by atoms with Crippen LogP contribution in [0.1, 0.15) is 18.4 Å². The number of hydrogen-bond acceptors (Lipinski definition) is 3. The number of carbonyl (C=O) groups is 1. The molecule has 2 rings (SSSR count). The molecular formula is C13H17NO3. The van der Waals surface area contributed by atoms with Crippen molar-refractivity contribution in [3.05, 3.63) is 23.8 Å². The number of hydrogen-bond donors (Lipinski definition) is 1. The van der Waals surface area contributed by atoms with Gasteiger partial charge in [-0.1, -0.05) is 0 Å². The van der Waals surface area contributed by atoms with Crippen molar-refractivity contribution in [1.29, 1.82) is 0 Å². The third-order valence-electron chi connectivity index (χ3n) is 2.83. The van der Waals surface area contributed by atoms with E-state index in [1.165, 1.54) is 0 Å². The maximum absolute atomic E-state index is 11.5. The molecule has 4 heteroatoms. The van der Waals surface area contributed by atoms with Gasteiger partial charge in [-0.05, 0) is 30.5 Å². The van der Waals surface area contributed by atoms with Crippen LogP contribution in [-0.4, -0.2) is 20.1 Å². The normalized spacial score (nSPS) is 14.2. The first-order valence-corrected chi connectivity index (χ1v) is 5.72. The molecule has 1 amide bonds. The molecule has 1 N–H and O–H groups in total. The summed E-state index contributed by atoms with van der Waals surface area (Å²) in [6, 6.07) is 5.61. The lowest BCUT2D eigenvalue weighted by atomic mass is 10.2. The van der Waals surface area contributed by atoms with Crippen LogP contribution < -0.4 is 14.8 Å². The summed E-state index contributed by atoms with van der Waals surface area (Å²) in [5.41, 5.74) is 0.982. The summed E-state index contributed by atoms with van der Waals surface area (Å²) < 4.78 is 10.3. The molecule has 0 aliphatic heterocycles. The molecule has 0 atom stereocenters. The highest BCUT2D eigenvalue weighted by molar-refractivity contribution is 5.80. The van der Waals surface area contributed by atoms with E-state index < -0.39 is 0 Å². The summed E-state index contributed by atoms with van der Waals surface area (Å²) in [4.78, 5) is 11.5. The van der Waals surface area contributed by atoms with Crippen LogP contribution in [0.15, 0.2) is 18.2 Å². The predicted octanol–water partition coefficient (Wildman–Crippen LogP) is 1.73. The molecule has 0 bridgehead atoms. The van der Waals surface area contributed by atoms with Gasteiger partial charge in [0.25, 0.3) is 0 Å². The summed E-state index contributed by atoms with van der Waals surface area (Å²) in [6.07, 6.45) is 2.04. The Labute approximate surface area is 101 Å². The second-order valence-electron chi connectivity index (χ2n) is 4.21. The second-order valence-corrected chi connectivity index (χ2v) is 4.21. The standard InChI is InChI=1S/C13H17NO3/c1-16-11-5-9(6-12(7-11)17-2)8-14-13(15)10-3-4-10/h5-7,10H,3-4,8H2,1-2H3,(H,14,15). The minimum absolute atomic E-state index is 0.145. The SMILES string of the molecule is COc1cc(CNC(=O)C2CC2)cc(OC)c1. The third kappa shape index (κ3) is 3.12. The summed E-state index contributed by atoms with van der Waals surface area (Å²) in [5.74, 6) is 1.86. The molecule has 1 aromatic rings. The topological polar surface area (TPSA) is 47.6 Å². The van der Waals surface area contributed by atoms with Crippen LogP contribution in [-0.2, 0) is 11.3 Å². The van der Waals surface area contributed by atoms with Gasteiger partial charge in [0.1, 0.15) is 11.5 Å². The number of carbonyl (C=O) groups excluding carboxylic acids is 1. The first kappa shape index (κ1) is 11.8. The highest BCUT2D eigenvalue weighted by Crippen LogP contribution is 2.29. The van der Waals surface area contributed by atoms with Crippen molar-refractivity contribution < 1.29 is 14.3 Å². The fourth-order valence-electron chi connectivity index (χ4n) is 1.65. The highest BCUT2D eigenvalue weighted by Gasteiger charge is 2.29. The van der Waals surface area contributed by atoms with Gasteiger partial charge in [0.2, 0.25) is 5.91 Å². The number of methoxy groups -OCH3 is 2. The molecule has 0 aromatic heterocycles. The molecule has 0 unspecified atom stereocenters. The van der Waals surface area contributed by atoms with Gasteiger partial charge in [-0.2, -0.15) is 0 Å². The van der Waals surface area contributed by atoms with E-state index in [9.17, 15) is 4.79 Å². The van der Waals surface area contributed by atoms with Crippen molar-refractivity contribution in [2.75, 3.05) is 14.2 Å². The van der Waals surface area contributed by atoms with Crippen LogP contribution in [0.2, 0.25) is 0 Å². The Hall–Kier alpha value is -1.71. The van der Waals surface area contributed by atoms with Crippen molar-refractivity contribution in [3.8, 4) is 11.5 Å². The van der Waals surface area contributed by atoms with Crippen molar-refractivity contribution in [3.63, 3.8) is 0 Å². The number of ether oxygens (including phenoxy) is 2. The maximum atomic E-state index is 11.5. The molecule has 0 radical (unpaired) electrons. The van der Waals surface area contributed by atoms with Gasteiger partial charge in [-0.3, -0.25) is 4.79 Å². The van der Waals surface area contributed by atoms with Gasteiger partial charge in [-0.15, -0.1) is 0 Å². The molecular weight excluding hydrogens is 218 g/mol.